The number of nitrogens with zero attached hydrogens (tertiary/aromatic N) is 1. The van der Waals surface area contributed by atoms with Crippen LogP contribution in [0.3, 0.4) is 0 Å². The number of benzene rings is 1. The van der Waals surface area contributed by atoms with Crippen LogP contribution in [0.2, 0.25) is 0 Å². The molecule has 6 heteroatoms. The third-order valence-electron chi connectivity index (χ3n) is 3.51. The molecular formula is C14H14F3N3. The predicted molar refractivity (Wildman–Crippen MR) is 69.0 cm³/mol. The predicted octanol–water partition coefficient (Wildman–Crippen LogP) is 3.52. The molecule has 1 saturated heterocycles. The number of imidazole rings is 1. The summed E-state index contributed by atoms with van der Waals surface area (Å²) >= 11 is 0. The highest BCUT2D eigenvalue weighted by atomic mass is 19.4. The van der Waals surface area contributed by atoms with Gasteiger partial charge in [-0.1, -0.05) is 12.1 Å². The molecule has 106 valence electrons. The van der Waals surface area contributed by atoms with Crippen molar-refractivity contribution in [2.75, 3.05) is 6.54 Å². The van der Waals surface area contributed by atoms with E-state index in [4.69, 9.17) is 0 Å². The third-order valence-corrected chi connectivity index (χ3v) is 3.51. The molecule has 1 fully saturated rings. The summed E-state index contributed by atoms with van der Waals surface area (Å²) in [7, 11) is 0. The largest absolute Gasteiger partial charge is 0.416 e. The van der Waals surface area contributed by atoms with Crippen LogP contribution in [-0.4, -0.2) is 16.5 Å². The summed E-state index contributed by atoms with van der Waals surface area (Å²) in [5.74, 6) is 0.845. The number of aromatic amines is 1. The van der Waals surface area contributed by atoms with Gasteiger partial charge < -0.3 is 10.3 Å². The maximum atomic E-state index is 12.5. The van der Waals surface area contributed by atoms with Crippen LogP contribution in [-0.2, 0) is 6.18 Å². The molecule has 0 spiro atoms. The van der Waals surface area contributed by atoms with Gasteiger partial charge in [-0.2, -0.15) is 13.2 Å². The minimum atomic E-state index is -4.30. The van der Waals surface area contributed by atoms with Crippen LogP contribution in [0.1, 0.15) is 30.3 Å². The van der Waals surface area contributed by atoms with Gasteiger partial charge in [0.25, 0.3) is 0 Å². The molecular weight excluding hydrogens is 267 g/mol. The molecule has 3 nitrogen and oxygen atoms in total. The molecule has 1 aromatic carbocycles. The smallest absolute Gasteiger partial charge is 0.341 e. The van der Waals surface area contributed by atoms with E-state index in [1.165, 1.54) is 12.1 Å². The van der Waals surface area contributed by atoms with Crippen LogP contribution in [0, 0.1) is 0 Å². The summed E-state index contributed by atoms with van der Waals surface area (Å²) < 4.78 is 37.5. The zero-order valence-electron chi connectivity index (χ0n) is 10.7. The average molecular weight is 281 g/mol. The lowest BCUT2D eigenvalue weighted by Crippen LogP contribution is -2.14. The van der Waals surface area contributed by atoms with Gasteiger partial charge >= 0.3 is 6.18 Å². The molecule has 0 unspecified atom stereocenters. The molecule has 0 amide bonds. The maximum absolute atomic E-state index is 12.5. The fraction of sp³-hybridized carbons (Fsp3) is 0.357. The Morgan fingerprint density at radius 1 is 1.15 bits per heavy atom. The lowest BCUT2D eigenvalue weighted by molar-refractivity contribution is -0.137. The molecule has 1 aliphatic heterocycles. The summed E-state index contributed by atoms with van der Waals surface area (Å²) in [5, 5.41) is 3.32. The van der Waals surface area contributed by atoms with Crippen LogP contribution in [0.15, 0.2) is 30.5 Å². The maximum Gasteiger partial charge on any atom is 0.416 e. The van der Waals surface area contributed by atoms with Gasteiger partial charge in [-0.05, 0) is 37.1 Å². The van der Waals surface area contributed by atoms with Crippen LogP contribution in [0.4, 0.5) is 13.2 Å². The van der Waals surface area contributed by atoms with Crippen molar-refractivity contribution in [1.29, 1.82) is 0 Å². The first-order chi connectivity index (χ1) is 9.54. The van der Waals surface area contributed by atoms with Gasteiger partial charge in [-0.15, -0.1) is 0 Å². The summed E-state index contributed by atoms with van der Waals surface area (Å²) in [6.07, 6.45) is -0.496. The topological polar surface area (TPSA) is 40.7 Å². The first kappa shape index (κ1) is 13.2. The fourth-order valence-electron chi connectivity index (χ4n) is 2.42. The number of rotatable bonds is 2. The van der Waals surface area contributed by atoms with Gasteiger partial charge in [0, 0.05) is 0 Å². The minimum absolute atomic E-state index is 0.221. The molecule has 1 atom stereocenters. The molecule has 0 radical (unpaired) electrons. The van der Waals surface area contributed by atoms with Gasteiger partial charge in [0.2, 0.25) is 0 Å². The Hall–Kier alpha value is -1.82. The van der Waals surface area contributed by atoms with E-state index >= 15 is 0 Å². The van der Waals surface area contributed by atoms with E-state index in [-0.39, 0.29) is 6.04 Å². The molecule has 1 aliphatic rings. The standard InChI is InChI=1S/C14H14F3N3/c15-14(16,17)10-5-3-9(4-6-10)12-8-19-13(20-12)11-2-1-7-18-11/h3-6,8,11,18H,1-2,7H2,(H,19,20)/t11-/m0/s1. The van der Waals surface area contributed by atoms with Crippen molar-refractivity contribution in [3.8, 4) is 11.3 Å². The summed E-state index contributed by atoms with van der Waals surface area (Å²) in [6.45, 7) is 0.973. The van der Waals surface area contributed by atoms with E-state index < -0.39 is 11.7 Å². The van der Waals surface area contributed by atoms with Crippen LogP contribution >= 0.6 is 0 Å². The van der Waals surface area contributed by atoms with Gasteiger partial charge in [0.1, 0.15) is 5.82 Å². The second-order valence-corrected chi connectivity index (χ2v) is 4.91. The third kappa shape index (κ3) is 2.56. The number of H-pyrrole nitrogens is 1. The zero-order chi connectivity index (χ0) is 14.2. The molecule has 2 N–H and O–H groups in total. The minimum Gasteiger partial charge on any atom is -0.341 e. The molecule has 1 aromatic heterocycles. The molecule has 0 bridgehead atoms. The van der Waals surface area contributed by atoms with E-state index in [9.17, 15) is 13.2 Å². The first-order valence-electron chi connectivity index (χ1n) is 6.50. The van der Waals surface area contributed by atoms with Crippen molar-refractivity contribution in [2.45, 2.75) is 25.1 Å². The molecule has 0 saturated carbocycles. The summed E-state index contributed by atoms with van der Waals surface area (Å²) in [5.41, 5.74) is 0.801. The number of halogens is 3. The van der Waals surface area contributed by atoms with Crippen molar-refractivity contribution in [3.63, 3.8) is 0 Å². The zero-order valence-corrected chi connectivity index (χ0v) is 10.7. The van der Waals surface area contributed by atoms with E-state index in [0.717, 1.165) is 43.0 Å². The van der Waals surface area contributed by atoms with E-state index in [2.05, 4.69) is 15.3 Å². The summed E-state index contributed by atoms with van der Waals surface area (Å²) in [6, 6.07) is 5.32. The summed E-state index contributed by atoms with van der Waals surface area (Å²) in [4.78, 5) is 7.48. The highest BCUT2D eigenvalue weighted by Gasteiger charge is 2.30. The molecule has 2 aromatic rings. The Kier molecular flexibility index (Phi) is 3.25. The van der Waals surface area contributed by atoms with E-state index in [0.29, 0.717) is 5.56 Å². The Morgan fingerprint density at radius 2 is 1.90 bits per heavy atom. The first-order valence-corrected chi connectivity index (χ1v) is 6.50. The molecule has 2 heterocycles. The number of alkyl halides is 3. The second-order valence-electron chi connectivity index (χ2n) is 4.91. The lowest BCUT2D eigenvalue weighted by atomic mass is 10.1. The Balaban J connectivity index is 1.82. The highest BCUT2D eigenvalue weighted by Crippen LogP contribution is 2.31. The Labute approximate surface area is 114 Å². The van der Waals surface area contributed by atoms with Crippen molar-refractivity contribution < 1.29 is 13.2 Å². The molecule has 3 rings (SSSR count). The number of hydrogen-bond donors (Lipinski definition) is 2. The van der Waals surface area contributed by atoms with Crippen molar-refractivity contribution in [2.24, 2.45) is 0 Å². The van der Waals surface area contributed by atoms with E-state index in [1.54, 1.807) is 6.20 Å². The van der Waals surface area contributed by atoms with Gasteiger partial charge in [-0.25, -0.2) is 4.98 Å². The number of nitrogens with one attached hydrogen (secondary N) is 2. The average Bonchev–Trinajstić information content (AvgIpc) is 3.09. The van der Waals surface area contributed by atoms with Crippen molar-refractivity contribution >= 4 is 0 Å². The Bertz CT molecular complexity index is 580. The quantitative estimate of drug-likeness (QED) is 0.884. The van der Waals surface area contributed by atoms with Gasteiger partial charge in [-0.3, -0.25) is 0 Å². The lowest BCUT2D eigenvalue weighted by Gasteiger charge is -2.07. The Morgan fingerprint density at radius 3 is 2.50 bits per heavy atom. The monoisotopic (exact) mass is 281 g/mol. The highest BCUT2D eigenvalue weighted by molar-refractivity contribution is 5.59. The molecule has 0 aliphatic carbocycles. The normalized spacial score (nSPS) is 19.4. The van der Waals surface area contributed by atoms with Gasteiger partial charge in [0.05, 0.1) is 23.5 Å². The van der Waals surface area contributed by atoms with E-state index in [1.807, 2.05) is 0 Å². The van der Waals surface area contributed by atoms with Gasteiger partial charge in [0.15, 0.2) is 0 Å². The number of aromatic nitrogens is 2. The van der Waals surface area contributed by atoms with Crippen LogP contribution in [0.25, 0.3) is 11.3 Å². The van der Waals surface area contributed by atoms with Crippen molar-refractivity contribution in [3.05, 3.63) is 41.9 Å². The second kappa shape index (κ2) is 4.94. The molecule has 20 heavy (non-hydrogen) atoms. The number of hydrogen-bond acceptors (Lipinski definition) is 2. The van der Waals surface area contributed by atoms with Crippen LogP contribution in [0.5, 0.6) is 0 Å². The van der Waals surface area contributed by atoms with Crippen LogP contribution < -0.4 is 5.32 Å². The van der Waals surface area contributed by atoms with Crippen molar-refractivity contribution in [1.82, 2.24) is 15.3 Å². The fourth-order valence-corrected chi connectivity index (χ4v) is 2.42. The SMILES string of the molecule is FC(F)(F)c1ccc(-c2cnc([C@@H]3CCCN3)[nH]2)cc1.